The fraction of sp³-hybridized carbons (Fsp3) is 0.250. The van der Waals surface area contributed by atoms with Crippen LogP contribution in [0, 0.1) is 0 Å². The van der Waals surface area contributed by atoms with Crippen LogP contribution in [-0.2, 0) is 6.42 Å². The average Bonchev–Trinajstić information content (AvgIpc) is 2.48. The number of nitrogens with zero attached hydrogens (tertiary/aromatic N) is 1. The Balaban J connectivity index is 2.87. The van der Waals surface area contributed by atoms with Gasteiger partial charge in [0.1, 0.15) is 5.82 Å². The fourth-order valence-corrected chi connectivity index (χ4v) is 2.51. The molecular formula is C8H7BrN2OS. The van der Waals surface area contributed by atoms with Crippen LogP contribution in [0.5, 0.6) is 0 Å². The first-order chi connectivity index (χ1) is 6.22. The summed E-state index contributed by atoms with van der Waals surface area (Å²) in [6, 6.07) is 0. The second-order valence-corrected chi connectivity index (χ2v) is 4.83. The van der Waals surface area contributed by atoms with Crippen molar-refractivity contribution in [3.63, 3.8) is 0 Å². The van der Waals surface area contributed by atoms with E-state index in [-0.39, 0.29) is 5.56 Å². The monoisotopic (exact) mass is 258 g/mol. The number of aromatic nitrogens is 2. The van der Waals surface area contributed by atoms with Crippen molar-refractivity contribution >= 4 is 38.2 Å². The number of fused-ring (bicyclic) bond motifs is 1. The molecule has 0 aliphatic heterocycles. The number of rotatable bonds is 1. The van der Waals surface area contributed by atoms with Crippen molar-refractivity contribution < 1.29 is 0 Å². The third-order valence-electron chi connectivity index (χ3n) is 1.80. The number of hydrogen-bond acceptors (Lipinski definition) is 3. The number of H-pyrrole nitrogens is 1. The van der Waals surface area contributed by atoms with Crippen LogP contribution in [0.1, 0.15) is 12.7 Å². The summed E-state index contributed by atoms with van der Waals surface area (Å²) in [4.78, 5) is 18.6. The van der Waals surface area contributed by atoms with Gasteiger partial charge in [0.15, 0.2) is 0 Å². The molecule has 0 radical (unpaired) electrons. The van der Waals surface area contributed by atoms with E-state index in [1.807, 2.05) is 12.3 Å². The minimum Gasteiger partial charge on any atom is -0.310 e. The maximum absolute atomic E-state index is 11.5. The zero-order valence-corrected chi connectivity index (χ0v) is 9.33. The second-order valence-electron chi connectivity index (χ2n) is 2.64. The Morgan fingerprint density at radius 1 is 1.69 bits per heavy atom. The summed E-state index contributed by atoms with van der Waals surface area (Å²) in [5.41, 5.74) is 0.715. The quantitative estimate of drug-likeness (QED) is 0.854. The van der Waals surface area contributed by atoms with Gasteiger partial charge in [-0.25, -0.2) is 4.98 Å². The van der Waals surface area contributed by atoms with Gasteiger partial charge in [-0.15, -0.1) is 11.3 Å². The Morgan fingerprint density at radius 2 is 2.46 bits per heavy atom. The van der Waals surface area contributed by atoms with Crippen molar-refractivity contribution in [3.05, 3.63) is 25.3 Å². The normalized spacial score (nSPS) is 10.9. The number of halogens is 1. The highest BCUT2D eigenvalue weighted by atomic mass is 79.9. The number of aromatic amines is 1. The number of nitrogens with one attached hydrogen (secondary N) is 1. The van der Waals surface area contributed by atoms with E-state index in [1.54, 1.807) is 0 Å². The Hall–Kier alpha value is -0.680. The average molecular weight is 259 g/mol. The lowest BCUT2D eigenvalue weighted by Gasteiger charge is -1.95. The van der Waals surface area contributed by atoms with E-state index < -0.39 is 0 Å². The number of aryl methyl sites for hydroxylation is 1. The molecule has 0 atom stereocenters. The molecule has 0 unspecified atom stereocenters. The molecule has 0 aliphatic carbocycles. The van der Waals surface area contributed by atoms with E-state index in [9.17, 15) is 4.79 Å². The predicted octanol–water partition coefficient (Wildman–Crippen LogP) is 2.31. The largest absolute Gasteiger partial charge is 0.310 e. The van der Waals surface area contributed by atoms with Gasteiger partial charge in [-0.3, -0.25) is 4.79 Å². The molecule has 0 aliphatic rings. The number of thiophene rings is 1. The summed E-state index contributed by atoms with van der Waals surface area (Å²) in [5.74, 6) is 0.739. The summed E-state index contributed by atoms with van der Waals surface area (Å²) in [5, 5.41) is 2.54. The number of hydrogen-bond donors (Lipinski definition) is 1. The Morgan fingerprint density at radius 3 is 3.15 bits per heavy atom. The molecule has 2 aromatic rings. The molecule has 0 bridgehead atoms. The van der Waals surface area contributed by atoms with E-state index in [4.69, 9.17) is 0 Å². The predicted molar refractivity (Wildman–Crippen MR) is 57.3 cm³/mol. The van der Waals surface area contributed by atoms with Crippen LogP contribution in [0.3, 0.4) is 0 Å². The van der Waals surface area contributed by atoms with Gasteiger partial charge < -0.3 is 4.98 Å². The van der Waals surface area contributed by atoms with Crippen LogP contribution in [0.25, 0.3) is 10.9 Å². The molecular weight excluding hydrogens is 252 g/mol. The van der Waals surface area contributed by atoms with Gasteiger partial charge in [0.05, 0.1) is 14.7 Å². The van der Waals surface area contributed by atoms with Crippen LogP contribution in [-0.4, -0.2) is 9.97 Å². The Labute approximate surface area is 87.0 Å². The molecule has 13 heavy (non-hydrogen) atoms. The van der Waals surface area contributed by atoms with E-state index in [0.717, 1.165) is 21.5 Å². The van der Waals surface area contributed by atoms with E-state index >= 15 is 0 Å². The minimum atomic E-state index is -0.0602. The zero-order valence-electron chi connectivity index (χ0n) is 6.93. The second kappa shape index (κ2) is 3.23. The van der Waals surface area contributed by atoms with Crippen LogP contribution in [0.4, 0.5) is 0 Å². The van der Waals surface area contributed by atoms with Crippen molar-refractivity contribution in [2.45, 2.75) is 13.3 Å². The highest BCUT2D eigenvalue weighted by Crippen LogP contribution is 2.26. The minimum absolute atomic E-state index is 0.0602. The summed E-state index contributed by atoms with van der Waals surface area (Å²) in [6.07, 6.45) is 0.749. The molecule has 68 valence electrons. The molecule has 0 spiro atoms. The topological polar surface area (TPSA) is 45.8 Å². The first-order valence-electron chi connectivity index (χ1n) is 3.88. The Bertz CT molecular complexity index is 502. The highest BCUT2D eigenvalue weighted by molar-refractivity contribution is 9.11. The van der Waals surface area contributed by atoms with Crippen molar-refractivity contribution in [1.82, 2.24) is 9.97 Å². The van der Waals surface area contributed by atoms with E-state index in [2.05, 4.69) is 25.9 Å². The lowest BCUT2D eigenvalue weighted by atomic mass is 10.3. The standard InChI is InChI=1S/C8H7BrN2OS/c1-2-5-10-4-3-13-7(9)6(4)8(12)11-5/h3H,2H2,1H3,(H,10,11,12). The molecule has 2 rings (SSSR count). The Kier molecular flexibility index (Phi) is 2.21. The molecule has 0 saturated carbocycles. The maximum atomic E-state index is 11.5. The van der Waals surface area contributed by atoms with Crippen molar-refractivity contribution in [2.75, 3.05) is 0 Å². The summed E-state index contributed by atoms with van der Waals surface area (Å²) in [7, 11) is 0. The SMILES string of the molecule is CCc1nc2csc(Br)c2c(=O)[nH]1. The molecule has 2 heterocycles. The molecule has 3 nitrogen and oxygen atoms in total. The van der Waals surface area contributed by atoms with Crippen LogP contribution in [0.15, 0.2) is 14.0 Å². The van der Waals surface area contributed by atoms with Crippen LogP contribution in [0.2, 0.25) is 0 Å². The molecule has 5 heteroatoms. The van der Waals surface area contributed by atoms with Gasteiger partial charge in [-0.05, 0) is 15.9 Å². The van der Waals surface area contributed by atoms with Gasteiger partial charge >= 0.3 is 0 Å². The molecule has 0 amide bonds. The molecule has 2 aromatic heterocycles. The van der Waals surface area contributed by atoms with Gasteiger partial charge in [0.25, 0.3) is 5.56 Å². The first kappa shape index (κ1) is 8.90. The highest BCUT2D eigenvalue weighted by Gasteiger charge is 2.07. The lowest BCUT2D eigenvalue weighted by Crippen LogP contribution is -2.10. The van der Waals surface area contributed by atoms with E-state index in [1.165, 1.54) is 11.3 Å². The summed E-state index contributed by atoms with van der Waals surface area (Å²) >= 11 is 4.81. The first-order valence-corrected chi connectivity index (χ1v) is 5.55. The molecule has 1 N–H and O–H groups in total. The third kappa shape index (κ3) is 1.42. The third-order valence-corrected chi connectivity index (χ3v) is 3.51. The van der Waals surface area contributed by atoms with Gasteiger partial charge in [-0.1, -0.05) is 6.92 Å². The maximum Gasteiger partial charge on any atom is 0.260 e. The van der Waals surface area contributed by atoms with Crippen molar-refractivity contribution in [1.29, 1.82) is 0 Å². The van der Waals surface area contributed by atoms with Crippen LogP contribution >= 0.6 is 27.3 Å². The van der Waals surface area contributed by atoms with Gasteiger partial charge in [0.2, 0.25) is 0 Å². The van der Waals surface area contributed by atoms with Crippen molar-refractivity contribution in [2.24, 2.45) is 0 Å². The zero-order chi connectivity index (χ0) is 9.42. The lowest BCUT2D eigenvalue weighted by molar-refractivity contribution is 0.945. The van der Waals surface area contributed by atoms with Gasteiger partial charge in [-0.2, -0.15) is 0 Å². The fourth-order valence-electron chi connectivity index (χ4n) is 1.15. The van der Waals surface area contributed by atoms with Gasteiger partial charge in [0, 0.05) is 11.8 Å². The summed E-state index contributed by atoms with van der Waals surface area (Å²) < 4.78 is 0.846. The van der Waals surface area contributed by atoms with Crippen molar-refractivity contribution in [3.8, 4) is 0 Å². The van der Waals surface area contributed by atoms with Crippen LogP contribution < -0.4 is 5.56 Å². The smallest absolute Gasteiger partial charge is 0.260 e. The molecule has 0 saturated heterocycles. The molecule has 0 aromatic carbocycles. The summed E-state index contributed by atoms with van der Waals surface area (Å²) in [6.45, 7) is 1.96. The molecule has 0 fully saturated rings. The van der Waals surface area contributed by atoms with E-state index in [0.29, 0.717) is 5.39 Å².